The molecule has 1 amide bonds. The van der Waals surface area contributed by atoms with Crippen molar-refractivity contribution in [2.24, 2.45) is 0 Å². The molecular formula is C16H25NOS. The molecule has 0 N–H and O–H groups in total. The maximum Gasteiger partial charge on any atom is 0.223 e. The Bertz CT molecular complexity index is 392. The van der Waals surface area contributed by atoms with Gasteiger partial charge < -0.3 is 4.90 Å². The van der Waals surface area contributed by atoms with Crippen molar-refractivity contribution in [3.63, 3.8) is 0 Å². The fraction of sp³-hybridized carbons (Fsp3) is 0.562. The second-order valence-electron chi connectivity index (χ2n) is 4.63. The number of rotatable bonds is 8. The van der Waals surface area contributed by atoms with E-state index < -0.39 is 0 Å². The van der Waals surface area contributed by atoms with Crippen LogP contribution in [0.2, 0.25) is 0 Å². The van der Waals surface area contributed by atoms with Crippen LogP contribution in [-0.4, -0.2) is 18.2 Å². The number of carbonyl (C=O) groups is 1. The predicted octanol–water partition coefficient (Wildman–Crippen LogP) is 4.73. The van der Waals surface area contributed by atoms with E-state index in [1.165, 1.54) is 24.2 Å². The van der Waals surface area contributed by atoms with Crippen molar-refractivity contribution >= 4 is 23.4 Å². The number of carbonyl (C=O) groups excluding carboxylic acids is 1. The lowest BCUT2D eigenvalue weighted by Crippen LogP contribution is -2.30. The number of hydrogen-bond acceptors (Lipinski definition) is 2. The molecule has 0 heterocycles. The summed E-state index contributed by atoms with van der Waals surface area (Å²) in [4.78, 5) is 15.0. The van der Waals surface area contributed by atoms with Crippen LogP contribution >= 0.6 is 11.8 Å². The minimum Gasteiger partial charge on any atom is -0.312 e. The third kappa shape index (κ3) is 5.27. The molecule has 106 valence electrons. The van der Waals surface area contributed by atoms with Gasteiger partial charge in [0, 0.05) is 18.4 Å². The SMILES string of the molecule is CCCCCCN(C(C)=O)c1ccccc1SCC. The highest BCUT2D eigenvalue weighted by Gasteiger charge is 2.14. The molecule has 0 fully saturated rings. The van der Waals surface area contributed by atoms with Crippen molar-refractivity contribution in [1.29, 1.82) is 0 Å². The van der Waals surface area contributed by atoms with E-state index in [1.54, 1.807) is 18.7 Å². The van der Waals surface area contributed by atoms with E-state index in [0.717, 1.165) is 24.4 Å². The van der Waals surface area contributed by atoms with Gasteiger partial charge in [0.15, 0.2) is 0 Å². The first-order valence-corrected chi connectivity index (χ1v) is 8.19. The largest absolute Gasteiger partial charge is 0.312 e. The third-order valence-corrected chi connectivity index (χ3v) is 4.02. The summed E-state index contributed by atoms with van der Waals surface area (Å²) in [5, 5.41) is 0. The van der Waals surface area contributed by atoms with Crippen molar-refractivity contribution in [3.8, 4) is 0 Å². The molecule has 0 spiro atoms. The van der Waals surface area contributed by atoms with Crippen LogP contribution in [0.15, 0.2) is 29.2 Å². The van der Waals surface area contributed by atoms with Crippen molar-refractivity contribution < 1.29 is 4.79 Å². The van der Waals surface area contributed by atoms with Crippen LogP contribution in [0.25, 0.3) is 0 Å². The van der Waals surface area contributed by atoms with Crippen LogP contribution in [0.1, 0.15) is 46.5 Å². The van der Waals surface area contributed by atoms with E-state index in [4.69, 9.17) is 0 Å². The van der Waals surface area contributed by atoms with Gasteiger partial charge in [0.2, 0.25) is 5.91 Å². The molecule has 2 nitrogen and oxygen atoms in total. The van der Waals surface area contributed by atoms with Gasteiger partial charge in [-0.25, -0.2) is 0 Å². The average Bonchev–Trinajstić information content (AvgIpc) is 2.40. The summed E-state index contributed by atoms with van der Waals surface area (Å²) in [6, 6.07) is 8.21. The molecule has 0 atom stereocenters. The maximum absolute atomic E-state index is 11.9. The molecule has 3 heteroatoms. The van der Waals surface area contributed by atoms with Crippen molar-refractivity contribution in [3.05, 3.63) is 24.3 Å². The summed E-state index contributed by atoms with van der Waals surface area (Å²) < 4.78 is 0. The van der Waals surface area contributed by atoms with E-state index in [-0.39, 0.29) is 5.91 Å². The molecule has 0 saturated heterocycles. The molecule has 0 unspecified atom stereocenters. The first kappa shape index (κ1) is 16.1. The van der Waals surface area contributed by atoms with Crippen LogP contribution in [0.4, 0.5) is 5.69 Å². The standard InChI is InChI=1S/C16H25NOS/c1-4-6-7-10-13-17(14(3)18)15-11-8-9-12-16(15)19-5-2/h8-9,11-12H,4-7,10,13H2,1-3H3. The molecule has 1 aromatic rings. The van der Waals surface area contributed by atoms with Gasteiger partial charge in [0.1, 0.15) is 0 Å². The molecule has 0 aliphatic carbocycles. The summed E-state index contributed by atoms with van der Waals surface area (Å²) in [6.45, 7) is 6.83. The van der Waals surface area contributed by atoms with Gasteiger partial charge in [-0.1, -0.05) is 45.2 Å². The van der Waals surface area contributed by atoms with Gasteiger partial charge in [-0.2, -0.15) is 0 Å². The van der Waals surface area contributed by atoms with Crippen molar-refractivity contribution in [1.82, 2.24) is 0 Å². The minimum absolute atomic E-state index is 0.139. The Morgan fingerprint density at radius 2 is 1.89 bits per heavy atom. The lowest BCUT2D eigenvalue weighted by atomic mass is 10.2. The molecule has 0 bridgehead atoms. The first-order valence-electron chi connectivity index (χ1n) is 7.20. The quantitative estimate of drug-likeness (QED) is 0.506. The number of para-hydroxylation sites is 1. The number of thioether (sulfide) groups is 1. The minimum atomic E-state index is 0.139. The summed E-state index contributed by atoms with van der Waals surface area (Å²) in [7, 11) is 0. The highest BCUT2D eigenvalue weighted by Crippen LogP contribution is 2.30. The van der Waals surface area contributed by atoms with Crippen molar-refractivity contribution in [2.45, 2.75) is 51.3 Å². The van der Waals surface area contributed by atoms with Crippen LogP contribution in [-0.2, 0) is 4.79 Å². The molecule has 1 rings (SSSR count). The van der Waals surface area contributed by atoms with E-state index in [9.17, 15) is 4.79 Å². The van der Waals surface area contributed by atoms with Gasteiger partial charge in [0.05, 0.1) is 5.69 Å². The Morgan fingerprint density at radius 1 is 1.16 bits per heavy atom. The Labute approximate surface area is 121 Å². The van der Waals surface area contributed by atoms with Crippen LogP contribution in [0.3, 0.4) is 0 Å². The first-order chi connectivity index (χ1) is 9.20. The smallest absolute Gasteiger partial charge is 0.223 e. The summed E-state index contributed by atoms with van der Waals surface area (Å²) in [5.41, 5.74) is 1.07. The van der Waals surface area contributed by atoms with Crippen LogP contribution < -0.4 is 4.90 Å². The second kappa shape index (κ2) is 9.03. The Morgan fingerprint density at radius 3 is 2.53 bits per heavy atom. The Hall–Kier alpha value is -0.960. The van der Waals surface area contributed by atoms with Gasteiger partial charge in [0.25, 0.3) is 0 Å². The number of anilines is 1. The molecule has 1 aromatic carbocycles. The van der Waals surface area contributed by atoms with Crippen LogP contribution in [0.5, 0.6) is 0 Å². The normalized spacial score (nSPS) is 10.5. The van der Waals surface area contributed by atoms with Gasteiger partial charge in [-0.3, -0.25) is 4.79 Å². The third-order valence-electron chi connectivity index (χ3n) is 3.07. The van der Waals surface area contributed by atoms with E-state index >= 15 is 0 Å². The maximum atomic E-state index is 11.9. The fourth-order valence-corrected chi connectivity index (χ4v) is 2.91. The predicted molar refractivity (Wildman–Crippen MR) is 85.0 cm³/mol. The molecule has 0 saturated carbocycles. The second-order valence-corrected chi connectivity index (χ2v) is 5.94. The lowest BCUT2D eigenvalue weighted by molar-refractivity contribution is -0.116. The number of nitrogens with zero attached hydrogens (tertiary/aromatic N) is 1. The zero-order valence-electron chi connectivity index (χ0n) is 12.3. The van der Waals surface area contributed by atoms with E-state index in [0.29, 0.717) is 0 Å². The molecular weight excluding hydrogens is 254 g/mol. The summed E-state index contributed by atoms with van der Waals surface area (Å²) in [6.07, 6.45) is 4.75. The molecule has 0 aliphatic rings. The lowest BCUT2D eigenvalue weighted by Gasteiger charge is -2.23. The Balaban J connectivity index is 2.77. The fourth-order valence-electron chi connectivity index (χ4n) is 2.10. The number of benzene rings is 1. The molecule has 0 aliphatic heterocycles. The summed E-state index contributed by atoms with van der Waals surface area (Å²) in [5.74, 6) is 1.17. The number of hydrogen-bond donors (Lipinski definition) is 0. The number of amides is 1. The number of unbranched alkanes of at least 4 members (excludes halogenated alkanes) is 3. The van der Waals surface area contributed by atoms with Gasteiger partial charge in [-0.15, -0.1) is 11.8 Å². The average molecular weight is 279 g/mol. The van der Waals surface area contributed by atoms with Gasteiger partial charge in [-0.05, 0) is 24.3 Å². The zero-order chi connectivity index (χ0) is 14.1. The highest BCUT2D eigenvalue weighted by atomic mass is 32.2. The molecule has 0 radical (unpaired) electrons. The molecule has 0 aromatic heterocycles. The molecule has 19 heavy (non-hydrogen) atoms. The highest BCUT2D eigenvalue weighted by molar-refractivity contribution is 7.99. The van der Waals surface area contributed by atoms with Gasteiger partial charge >= 0.3 is 0 Å². The zero-order valence-corrected chi connectivity index (χ0v) is 13.1. The Kier molecular flexibility index (Phi) is 7.65. The topological polar surface area (TPSA) is 20.3 Å². The van der Waals surface area contributed by atoms with Crippen LogP contribution in [0, 0.1) is 0 Å². The monoisotopic (exact) mass is 279 g/mol. The van der Waals surface area contributed by atoms with E-state index in [2.05, 4.69) is 26.0 Å². The van der Waals surface area contributed by atoms with E-state index in [1.807, 2.05) is 17.0 Å². The van der Waals surface area contributed by atoms with Crippen molar-refractivity contribution in [2.75, 3.05) is 17.2 Å². The summed E-state index contributed by atoms with van der Waals surface area (Å²) >= 11 is 1.80.